The Bertz CT molecular complexity index is 1120. The van der Waals surface area contributed by atoms with E-state index in [1.165, 1.54) is 6.42 Å². The number of hydrogen-bond donors (Lipinski definition) is 1. The summed E-state index contributed by atoms with van der Waals surface area (Å²) in [6, 6.07) is 19.4. The third-order valence-electron chi connectivity index (χ3n) is 6.46. The van der Waals surface area contributed by atoms with Gasteiger partial charge in [-0.05, 0) is 48.2 Å². The molecule has 0 bridgehead atoms. The van der Waals surface area contributed by atoms with Crippen LogP contribution in [0.4, 0.5) is 0 Å². The van der Waals surface area contributed by atoms with E-state index in [9.17, 15) is 0 Å². The molecular formula is C28H30O6. The van der Waals surface area contributed by atoms with Crippen molar-refractivity contribution in [3.63, 3.8) is 0 Å². The van der Waals surface area contributed by atoms with E-state index in [0.29, 0.717) is 12.4 Å². The predicted molar refractivity (Wildman–Crippen MR) is 130 cm³/mol. The Morgan fingerprint density at radius 2 is 1.65 bits per heavy atom. The summed E-state index contributed by atoms with van der Waals surface area (Å²) in [4.78, 5) is 11.4. The van der Waals surface area contributed by atoms with Crippen molar-refractivity contribution in [2.45, 2.75) is 44.0 Å². The van der Waals surface area contributed by atoms with Gasteiger partial charge in [0.1, 0.15) is 30.0 Å². The van der Waals surface area contributed by atoms with Crippen molar-refractivity contribution in [2.24, 2.45) is 0 Å². The van der Waals surface area contributed by atoms with Crippen molar-refractivity contribution in [1.82, 2.24) is 0 Å². The molecule has 34 heavy (non-hydrogen) atoms. The van der Waals surface area contributed by atoms with Crippen molar-refractivity contribution in [3.05, 3.63) is 72.8 Å². The van der Waals surface area contributed by atoms with Gasteiger partial charge in [-0.3, -0.25) is 0 Å². The van der Waals surface area contributed by atoms with E-state index in [-0.39, 0.29) is 19.3 Å². The molecule has 5 rings (SSSR count). The molecule has 6 nitrogen and oxygen atoms in total. The van der Waals surface area contributed by atoms with Crippen LogP contribution in [0.3, 0.4) is 0 Å². The molecule has 1 N–H and O–H groups in total. The molecule has 1 heterocycles. The largest absolute Gasteiger partial charge is 0.491 e. The van der Waals surface area contributed by atoms with E-state index in [0.717, 1.165) is 59.1 Å². The number of ether oxygens (including phenoxy) is 3. The molecule has 1 saturated heterocycles. The number of aliphatic hydroxyl groups excluding tert-OH is 1. The SMILES string of the molecule is C=C(c1ccc(Oc2cccc3c(OCCO)cccc23)cc1)C1COC2(CCCCC2)OO1. The zero-order valence-electron chi connectivity index (χ0n) is 19.2. The van der Waals surface area contributed by atoms with Crippen LogP contribution in [0, 0.1) is 0 Å². The first-order valence-corrected chi connectivity index (χ1v) is 11.9. The Hall–Kier alpha value is -2.90. The molecule has 1 aliphatic carbocycles. The highest BCUT2D eigenvalue weighted by Gasteiger charge is 2.41. The maximum Gasteiger partial charge on any atom is 0.201 e. The zero-order valence-corrected chi connectivity index (χ0v) is 19.2. The molecule has 0 radical (unpaired) electrons. The smallest absolute Gasteiger partial charge is 0.201 e. The summed E-state index contributed by atoms with van der Waals surface area (Å²) in [5.41, 5.74) is 1.76. The molecule has 3 aromatic carbocycles. The van der Waals surface area contributed by atoms with Gasteiger partial charge in [0.15, 0.2) is 0 Å². The summed E-state index contributed by atoms with van der Waals surface area (Å²) in [6.07, 6.45) is 4.84. The molecule has 0 aromatic heterocycles. The Morgan fingerprint density at radius 3 is 2.32 bits per heavy atom. The molecule has 1 aliphatic heterocycles. The molecule has 1 spiro atoms. The third-order valence-corrected chi connectivity index (χ3v) is 6.46. The van der Waals surface area contributed by atoms with Crippen molar-refractivity contribution in [1.29, 1.82) is 0 Å². The van der Waals surface area contributed by atoms with Crippen LogP contribution in [-0.2, 0) is 14.5 Å². The quantitative estimate of drug-likeness (QED) is 0.433. The molecule has 6 heteroatoms. The van der Waals surface area contributed by atoms with Gasteiger partial charge in [0.2, 0.25) is 5.79 Å². The minimum absolute atomic E-state index is 0.0325. The van der Waals surface area contributed by atoms with Crippen LogP contribution < -0.4 is 9.47 Å². The molecule has 2 fully saturated rings. The van der Waals surface area contributed by atoms with Crippen molar-refractivity contribution >= 4 is 16.3 Å². The van der Waals surface area contributed by atoms with Gasteiger partial charge < -0.3 is 19.3 Å². The maximum atomic E-state index is 9.07. The van der Waals surface area contributed by atoms with Crippen LogP contribution in [0.15, 0.2) is 67.2 Å². The summed E-state index contributed by atoms with van der Waals surface area (Å²) >= 11 is 0. The number of hydrogen-bond acceptors (Lipinski definition) is 6. The Balaban J connectivity index is 1.26. The minimum Gasteiger partial charge on any atom is -0.491 e. The molecule has 1 unspecified atom stereocenters. The van der Waals surface area contributed by atoms with E-state index in [2.05, 4.69) is 6.58 Å². The monoisotopic (exact) mass is 462 g/mol. The average Bonchev–Trinajstić information content (AvgIpc) is 2.89. The van der Waals surface area contributed by atoms with Crippen LogP contribution in [0.5, 0.6) is 17.2 Å². The standard InChI is InChI=1S/C28H30O6/c1-20(27-19-31-28(34-33-27)15-3-2-4-16-28)21-11-13-22(14-12-21)32-26-10-6-7-23-24(26)8-5-9-25(23)30-18-17-29/h5-14,27,29H,1-4,15-19H2. The molecule has 1 atom stereocenters. The normalized spacial score (nSPS) is 19.7. The van der Waals surface area contributed by atoms with Crippen LogP contribution in [0.25, 0.3) is 16.3 Å². The lowest BCUT2D eigenvalue weighted by atomic mass is 9.94. The highest BCUT2D eigenvalue weighted by Crippen LogP contribution is 2.38. The second kappa shape index (κ2) is 10.2. The van der Waals surface area contributed by atoms with E-state index in [1.807, 2.05) is 60.7 Å². The summed E-state index contributed by atoms with van der Waals surface area (Å²) in [7, 11) is 0. The zero-order chi connectivity index (χ0) is 23.4. The van der Waals surface area contributed by atoms with Gasteiger partial charge in [0, 0.05) is 23.6 Å². The summed E-state index contributed by atoms with van der Waals surface area (Å²) in [6.45, 7) is 4.87. The van der Waals surface area contributed by atoms with Gasteiger partial charge in [-0.2, -0.15) is 0 Å². The number of fused-ring (bicyclic) bond motifs is 1. The van der Waals surface area contributed by atoms with Crippen LogP contribution in [0.2, 0.25) is 0 Å². The Labute approximate surface area is 199 Å². The van der Waals surface area contributed by atoms with Crippen LogP contribution in [0.1, 0.15) is 37.7 Å². The van der Waals surface area contributed by atoms with E-state index in [4.69, 9.17) is 29.1 Å². The maximum absolute atomic E-state index is 9.07. The second-order valence-corrected chi connectivity index (χ2v) is 8.78. The van der Waals surface area contributed by atoms with E-state index in [1.54, 1.807) is 0 Å². The second-order valence-electron chi connectivity index (χ2n) is 8.78. The highest BCUT2D eigenvalue weighted by molar-refractivity contribution is 5.93. The fourth-order valence-electron chi connectivity index (χ4n) is 4.57. The Kier molecular flexibility index (Phi) is 6.83. The molecular weight excluding hydrogens is 432 g/mol. The minimum atomic E-state index is -0.575. The summed E-state index contributed by atoms with van der Waals surface area (Å²) in [5.74, 6) is 1.59. The fourth-order valence-corrected chi connectivity index (χ4v) is 4.57. The van der Waals surface area contributed by atoms with Crippen molar-refractivity contribution < 1.29 is 29.1 Å². The average molecular weight is 463 g/mol. The van der Waals surface area contributed by atoms with Crippen LogP contribution in [-0.4, -0.2) is 36.8 Å². The fraction of sp³-hybridized carbons (Fsp3) is 0.357. The van der Waals surface area contributed by atoms with Crippen molar-refractivity contribution in [2.75, 3.05) is 19.8 Å². The van der Waals surface area contributed by atoms with Gasteiger partial charge in [-0.25, -0.2) is 9.78 Å². The van der Waals surface area contributed by atoms with E-state index >= 15 is 0 Å². The lowest BCUT2D eigenvalue weighted by Gasteiger charge is -2.41. The number of aliphatic hydroxyl groups is 1. The highest BCUT2D eigenvalue weighted by atomic mass is 17.2. The molecule has 2 aliphatic rings. The lowest BCUT2D eigenvalue weighted by molar-refractivity contribution is -0.483. The first-order chi connectivity index (χ1) is 16.7. The molecule has 0 amide bonds. The van der Waals surface area contributed by atoms with Gasteiger partial charge >= 0.3 is 0 Å². The number of benzene rings is 3. The molecule has 1 saturated carbocycles. The van der Waals surface area contributed by atoms with Gasteiger partial charge in [0.25, 0.3) is 0 Å². The number of rotatable bonds is 7. The predicted octanol–water partition coefficient (Wildman–Crippen LogP) is 6.02. The van der Waals surface area contributed by atoms with E-state index < -0.39 is 5.79 Å². The third kappa shape index (κ3) is 4.81. The van der Waals surface area contributed by atoms with Crippen molar-refractivity contribution in [3.8, 4) is 17.2 Å². The summed E-state index contributed by atoms with van der Waals surface area (Å²) < 4.78 is 17.9. The molecule has 3 aromatic rings. The first kappa shape index (κ1) is 22.9. The first-order valence-electron chi connectivity index (χ1n) is 11.9. The van der Waals surface area contributed by atoms with Gasteiger partial charge in [-0.15, -0.1) is 0 Å². The summed E-state index contributed by atoms with van der Waals surface area (Å²) in [5, 5.41) is 10.9. The Morgan fingerprint density at radius 1 is 0.941 bits per heavy atom. The van der Waals surface area contributed by atoms with Crippen LogP contribution >= 0.6 is 0 Å². The molecule has 178 valence electrons. The van der Waals surface area contributed by atoms with Gasteiger partial charge in [-0.1, -0.05) is 49.4 Å². The van der Waals surface area contributed by atoms with Gasteiger partial charge in [0.05, 0.1) is 13.2 Å². The topological polar surface area (TPSA) is 66.4 Å². The lowest BCUT2D eigenvalue weighted by Crippen LogP contribution is -2.46.